The standard InChI is InChI=1S/C25H19BrN2O3/c1-30-25(29)16-7-9-24-21(12-16)19(20-13-18(26)8-6-17(20)14-31-24)10-11-28-15-27-22-4-2-3-5-23(22)28/h2-10,12-13,15H,11,14H2,1H3/b19-10+. The van der Waals surface area contributed by atoms with Crippen LogP contribution in [0.15, 0.2) is 77.5 Å². The van der Waals surface area contributed by atoms with Gasteiger partial charge in [0.25, 0.3) is 0 Å². The molecule has 1 aliphatic heterocycles. The topological polar surface area (TPSA) is 53.4 Å². The normalized spacial score (nSPS) is 13.9. The summed E-state index contributed by atoms with van der Waals surface area (Å²) in [6.07, 6.45) is 4.01. The molecule has 0 bridgehead atoms. The molecule has 5 rings (SSSR count). The average Bonchev–Trinajstić information content (AvgIpc) is 3.14. The number of imidazole rings is 1. The zero-order valence-corrected chi connectivity index (χ0v) is 18.4. The first-order valence-corrected chi connectivity index (χ1v) is 10.7. The third-order valence-corrected chi connectivity index (χ3v) is 5.95. The van der Waals surface area contributed by atoms with Crippen molar-refractivity contribution < 1.29 is 14.3 Å². The Bertz CT molecular complexity index is 1340. The Morgan fingerprint density at radius 1 is 1.16 bits per heavy atom. The summed E-state index contributed by atoms with van der Waals surface area (Å²) in [7, 11) is 1.39. The number of esters is 1. The molecule has 6 heteroatoms. The number of ether oxygens (including phenoxy) is 2. The molecule has 2 heterocycles. The molecule has 154 valence electrons. The summed E-state index contributed by atoms with van der Waals surface area (Å²) in [5.74, 6) is 0.364. The molecule has 4 aromatic rings. The lowest BCUT2D eigenvalue weighted by atomic mass is 9.93. The quantitative estimate of drug-likeness (QED) is 0.362. The Morgan fingerprint density at radius 2 is 2.03 bits per heavy atom. The van der Waals surface area contributed by atoms with Gasteiger partial charge < -0.3 is 14.0 Å². The Morgan fingerprint density at radius 3 is 2.90 bits per heavy atom. The fourth-order valence-electron chi connectivity index (χ4n) is 3.90. The predicted octanol–water partition coefficient (Wildman–Crippen LogP) is 5.61. The van der Waals surface area contributed by atoms with Gasteiger partial charge >= 0.3 is 5.97 Å². The first-order chi connectivity index (χ1) is 15.1. The SMILES string of the molecule is COC(=O)c1ccc2c(c1)/C(=C/Cn1cnc3ccccc31)c1cc(Br)ccc1CO2. The summed E-state index contributed by atoms with van der Waals surface area (Å²) in [5, 5.41) is 0. The number of nitrogens with zero attached hydrogens (tertiary/aromatic N) is 2. The van der Waals surface area contributed by atoms with E-state index < -0.39 is 0 Å². The zero-order valence-electron chi connectivity index (χ0n) is 16.8. The van der Waals surface area contributed by atoms with Crippen LogP contribution in [0, 0.1) is 0 Å². The van der Waals surface area contributed by atoms with Gasteiger partial charge in [-0.1, -0.05) is 40.2 Å². The lowest BCUT2D eigenvalue weighted by Crippen LogP contribution is -2.03. The number of hydrogen-bond donors (Lipinski definition) is 0. The highest BCUT2D eigenvalue weighted by molar-refractivity contribution is 9.10. The zero-order chi connectivity index (χ0) is 21.4. The second-order valence-electron chi connectivity index (χ2n) is 7.30. The molecule has 0 atom stereocenters. The minimum atomic E-state index is -0.374. The monoisotopic (exact) mass is 474 g/mol. The van der Waals surface area contributed by atoms with Crippen molar-refractivity contribution in [2.75, 3.05) is 7.11 Å². The number of hydrogen-bond acceptors (Lipinski definition) is 4. The van der Waals surface area contributed by atoms with Crippen molar-refractivity contribution in [3.63, 3.8) is 0 Å². The number of fused-ring (bicyclic) bond motifs is 3. The van der Waals surface area contributed by atoms with Crippen LogP contribution in [0.3, 0.4) is 0 Å². The van der Waals surface area contributed by atoms with Crippen molar-refractivity contribution in [2.24, 2.45) is 0 Å². The van der Waals surface area contributed by atoms with Crippen LogP contribution in [-0.4, -0.2) is 22.6 Å². The van der Waals surface area contributed by atoms with Crippen LogP contribution < -0.4 is 4.74 Å². The maximum atomic E-state index is 12.2. The van der Waals surface area contributed by atoms with Crippen molar-refractivity contribution in [1.29, 1.82) is 0 Å². The Kier molecular flexibility index (Phi) is 5.08. The molecule has 0 saturated carbocycles. The van der Waals surface area contributed by atoms with E-state index in [1.165, 1.54) is 7.11 Å². The summed E-state index contributed by atoms with van der Waals surface area (Å²) < 4.78 is 14.1. The molecule has 3 aromatic carbocycles. The first kappa shape index (κ1) is 19.6. The van der Waals surface area contributed by atoms with Gasteiger partial charge in [0.2, 0.25) is 0 Å². The molecule has 0 N–H and O–H groups in total. The number of aromatic nitrogens is 2. The predicted molar refractivity (Wildman–Crippen MR) is 123 cm³/mol. The fourth-order valence-corrected chi connectivity index (χ4v) is 4.26. The molecule has 5 nitrogen and oxygen atoms in total. The number of rotatable bonds is 3. The number of carbonyl (C=O) groups is 1. The summed E-state index contributed by atoms with van der Waals surface area (Å²) in [6, 6.07) is 19.6. The van der Waals surface area contributed by atoms with E-state index in [1.807, 2.05) is 42.7 Å². The van der Waals surface area contributed by atoms with Gasteiger partial charge in [-0.15, -0.1) is 0 Å². The lowest BCUT2D eigenvalue weighted by Gasteiger charge is -2.13. The third kappa shape index (κ3) is 3.64. The largest absolute Gasteiger partial charge is 0.488 e. The van der Waals surface area contributed by atoms with E-state index in [1.54, 1.807) is 6.07 Å². The van der Waals surface area contributed by atoms with Crippen molar-refractivity contribution >= 4 is 38.5 Å². The second-order valence-corrected chi connectivity index (χ2v) is 8.21. The number of allylic oxidation sites excluding steroid dienone is 1. The van der Waals surface area contributed by atoms with Gasteiger partial charge in [0.05, 0.1) is 30.0 Å². The molecular weight excluding hydrogens is 456 g/mol. The molecule has 0 saturated heterocycles. The lowest BCUT2D eigenvalue weighted by molar-refractivity contribution is 0.0600. The van der Waals surface area contributed by atoms with Gasteiger partial charge in [-0.25, -0.2) is 9.78 Å². The Hall–Kier alpha value is -3.38. The van der Waals surface area contributed by atoms with Crippen LogP contribution in [0.5, 0.6) is 5.75 Å². The maximum Gasteiger partial charge on any atom is 0.337 e. The molecule has 1 aromatic heterocycles. The average molecular weight is 475 g/mol. The van der Waals surface area contributed by atoms with Gasteiger partial charge in [-0.05, 0) is 59.2 Å². The Labute approximate surface area is 188 Å². The van der Waals surface area contributed by atoms with Crippen LogP contribution in [-0.2, 0) is 17.9 Å². The fraction of sp³-hybridized carbons (Fsp3) is 0.120. The molecule has 0 spiro atoms. The number of para-hydroxylation sites is 2. The number of benzene rings is 3. The minimum absolute atomic E-state index is 0.374. The van der Waals surface area contributed by atoms with E-state index in [-0.39, 0.29) is 5.97 Å². The minimum Gasteiger partial charge on any atom is -0.488 e. The van der Waals surface area contributed by atoms with Crippen molar-refractivity contribution in [1.82, 2.24) is 9.55 Å². The summed E-state index contributed by atoms with van der Waals surface area (Å²) >= 11 is 3.60. The van der Waals surface area contributed by atoms with Crippen LogP contribution in [0.25, 0.3) is 16.6 Å². The van der Waals surface area contributed by atoms with E-state index in [9.17, 15) is 4.79 Å². The van der Waals surface area contributed by atoms with E-state index in [2.05, 4.69) is 49.8 Å². The van der Waals surface area contributed by atoms with Crippen LogP contribution in [0.1, 0.15) is 27.0 Å². The highest BCUT2D eigenvalue weighted by Crippen LogP contribution is 2.38. The van der Waals surface area contributed by atoms with Gasteiger partial charge in [-0.3, -0.25) is 0 Å². The third-order valence-electron chi connectivity index (χ3n) is 5.46. The van der Waals surface area contributed by atoms with E-state index >= 15 is 0 Å². The van der Waals surface area contributed by atoms with Gasteiger partial charge in [-0.2, -0.15) is 0 Å². The molecule has 0 amide bonds. The van der Waals surface area contributed by atoms with E-state index in [0.29, 0.717) is 18.7 Å². The molecule has 31 heavy (non-hydrogen) atoms. The van der Waals surface area contributed by atoms with E-state index in [0.717, 1.165) is 43.5 Å². The smallest absolute Gasteiger partial charge is 0.337 e. The second kappa shape index (κ2) is 8.04. The summed E-state index contributed by atoms with van der Waals surface area (Å²) in [4.78, 5) is 16.7. The molecule has 1 aliphatic rings. The van der Waals surface area contributed by atoms with Crippen LogP contribution in [0.4, 0.5) is 0 Å². The van der Waals surface area contributed by atoms with Crippen molar-refractivity contribution in [2.45, 2.75) is 13.2 Å². The summed E-state index contributed by atoms with van der Waals surface area (Å²) in [6.45, 7) is 1.09. The Balaban J connectivity index is 1.67. The molecule has 0 unspecified atom stereocenters. The highest BCUT2D eigenvalue weighted by atomic mass is 79.9. The van der Waals surface area contributed by atoms with Crippen molar-refractivity contribution in [3.8, 4) is 5.75 Å². The number of methoxy groups -OCH3 is 1. The van der Waals surface area contributed by atoms with Crippen molar-refractivity contribution in [3.05, 3.63) is 99.8 Å². The molecule has 0 fully saturated rings. The first-order valence-electron chi connectivity index (χ1n) is 9.88. The maximum absolute atomic E-state index is 12.2. The number of halogens is 1. The molecule has 0 aliphatic carbocycles. The summed E-state index contributed by atoms with van der Waals surface area (Å²) in [5.41, 5.74) is 6.54. The molecular formula is C25H19BrN2O3. The molecule has 0 radical (unpaired) electrons. The van der Waals surface area contributed by atoms with Gasteiger partial charge in [0.1, 0.15) is 12.4 Å². The van der Waals surface area contributed by atoms with Gasteiger partial charge in [0.15, 0.2) is 0 Å². The van der Waals surface area contributed by atoms with Gasteiger partial charge in [0, 0.05) is 16.6 Å². The number of carbonyl (C=O) groups excluding carboxylic acids is 1. The van der Waals surface area contributed by atoms with Crippen LogP contribution in [0.2, 0.25) is 0 Å². The van der Waals surface area contributed by atoms with Crippen LogP contribution >= 0.6 is 15.9 Å². The highest BCUT2D eigenvalue weighted by Gasteiger charge is 2.21. The van der Waals surface area contributed by atoms with E-state index in [4.69, 9.17) is 9.47 Å².